The second-order valence-corrected chi connectivity index (χ2v) is 6.94. The molecule has 140 valence electrons. The molecule has 0 radical (unpaired) electrons. The zero-order valence-corrected chi connectivity index (χ0v) is 15.8. The SMILES string of the molecule is CCCCCCCOc1cccc(NCC(=O)N2CCCCCC2)c1. The smallest absolute Gasteiger partial charge is 0.241 e. The van der Waals surface area contributed by atoms with Crippen molar-refractivity contribution >= 4 is 11.6 Å². The molecule has 1 amide bonds. The van der Waals surface area contributed by atoms with Crippen molar-refractivity contribution in [3.8, 4) is 5.75 Å². The van der Waals surface area contributed by atoms with Crippen LogP contribution in [0.3, 0.4) is 0 Å². The van der Waals surface area contributed by atoms with Crippen LogP contribution in [0, 0.1) is 0 Å². The summed E-state index contributed by atoms with van der Waals surface area (Å²) in [5.41, 5.74) is 0.951. The fourth-order valence-electron chi connectivity index (χ4n) is 3.20. The van der Waals surface area contributed by atoms with Gasteiger partial charge in [-0.2, -0.15) is 0 Å². The van der Waals surface area contributed by atoms with E-state index in [9.17, 15) is 4.79 Å². The van der Waals surface area contributed by atoms with Gasteiger partial charge in [0.2, 0.25) is 5.91 Å². The molecule has 1 saturated heterocycles. The van der Waals surface area contributed by atoms with E-state index in [0.29, 0.717) is 6.54 Å². The maximum atomic E-state index is 12.3. The topological polar surface area (TPSA) is 41.6 Å². The van der Waals surface area contributed by atoms with Gasteiger partial charge < -0.3 is 15.0 Å². The van der Waals surface area contributed by atoms with Gasteiger partial charge in [0.1, 0.15) is 5.75 Å². The van der Waals surface area contributed by atoms with Gasteiger partial charge in [-0.3, -0.25) is 4.79 Å². The lowest BCUT2D eigenvalue weighted by molar-refractivity contribution is -0.129. The van der Waals surface area contributed by atoms with Crippen molar-refractivity contribution < 1.29 is 9.53 Å². The molecule has 25 heavy (non-hydrogen) atoms. The standard InChI is InChI=1S/C21H34N2O2/c1-2-3-4-7-10-16-25-20-13-11-12-19(17-20)22-18-21(24)23-14-8-5-6-9-15-23/h11-13,17,22H,2-10,14-16,18H2,1H3. The minimum absolute atomic E-state index is 0.198. The number of amides is 1. The van der Waals surface area contributed by atoms with Crippen molar-refractivity contribution in [2.75, 3.05) is 31.6 Å². The fourth-order valence-corrected chi connectivity index (χ4v) is 3.20. The molecule has 0 aliphatic carbocycles. The Bertz CT molecular complexity index is 496. The minimum atomic E-state index is 0.198. The van der Waals surface area contributed by atoms with E-state index in [-0.39, 0.29) is 5.91 Å². The molecule has 0 unspecified atom stereocenters. The zero-order valence-electron chi connectivity index (χ0n) is 15.8. The van der Waals surface area contributed by atoms with E-state index in [1.54, 1.807) is 0 Å². The Morgan fingerprint density at radius 1 is 1.08 bits per heavy atom. The molecule has 1 aromatic rings. The van der Waals surface area contributed by atoms with Crippen LogP contribution in [0.4, 0.5) is 5.69 Å². The second kappa shape index (κ2) is 11.8. The monoisotopic (exact) mass is 346 g/mol. The first-order valence-corrected chi connectivity index (χ1v) is 10.0. The van der Waals surface area contributed by atoms with Gasteiger partial charge in [0.25, 0.3) is 0 Å². The lowest BCUT2D eigenvalue weighted by atomic mass is 10.2. The van der Waals surface area contributed by atoms with Gasteiger partial charge >= 0.3 is 0 Å². The summed E-state index contributed by atoms with van der Waals surface area (Å²) in [7, 11) is 0. The van der Waals surface area contributed by atoms with Gasteiger partial charge in [-0.1, -0.05) is 51.5 Å². The Morgan fingerprint density at radius 3 is 2.60 bits per heavy atom. The van der Waals surface area contributed by atoms with E-state index in [1.807, 2.05) is 29.2 Å². The summed E-state index contributed by atoms with van der Waals surface area (Å²) in [4.78, 5) is 14.3. The Labute approximate surface area is 152 Å². The van der Waals surface area contributed by atoms with Crippen LogP contribution in [0.1, 0.15) is 64.7 Å². The minimum Gasteiger partial charge on any atom is -0.494 e. The maximum absolute atomic E-state index is 12.3. The largest absolute Gasteiger partial charge is 0.494 e. The lowest BCUT2D eigenvalue weighted by Crippen LogP contribution is -2.36. The molecule has 4 heteroatoms. The molecular formula is C21H34N2O2. The summed E-state index contributed by atoms with van der Waals surface area (Å²) >= 11 is 0. The first-order valence-electron chi connectivity index (χ1n) is 10.0. The third-order valence-corrected chi connectivity index (χ3v) is 4.75. The highest BCUT2D eigenvalue weighted by molar-refractivity contribution is 5.81. The highest BCUT2D eigenvalue weighted by Crippen LogP contribution is 2.18. The predicted octanol–water partition coefficient (Wildman–Crippen LogP) is 4.85. The summed E-state index contributed by atoms with van der Waals surface area (Å²) in [6, 6.07) is 7.94. The number of nitrogens with one attached hydrogen (secondary N) is 1. The molecule has 1 heterocycles. The number of ether oxygens (including phenoxy) is 1. The highest BCUT2D eigenvalue weighted by Gasteiger charge is 2.14. The quantitative estimate of drug-likeness (QED) is 0.616. The van der Waals surface area contributed by atoms with E-state index in [1.165, 1.54) is 38.5 Å². The normalized spacial score (nSPS) is 14.8. The molecule has 0 aromatic heterocycles. The summed E-state index contributed by atoms with van der Waals surface area (Å²) in [5, 5.41) is 3.25. The number of hydrogen-bond acceptors (Lipinski definition) is 3. The van der Waals surface area contributed by atoms with Crippen molar-refractivity contribution in [2.24, 2.45) is 0 Å². The van der Waals surface area contributed by atoms with Gasteiger partial charge in [0.15, 0.2) is 0 Å². The van der Waals surface area contributed by atoms with Crippen LogP contribution in [-0.2, 0) is 4.79 Å². The number of rotatable bonds is 10. The average molecular weight is 347 g/mol. The zero-order chi connectivity index (χ0) is 17.7. The van der Waals surface area contributed by atoms with Crippen LogP contribution in [0.5, 0.6) is 5.75 Å². The third-order valence-electron chi connectivity index (χ3n) is 4.75. The molecule has 4 nitrogen and oxygen atoms in total. The number of anilines is 1. The fraction of sp³-hybridized carbons (Fsp3) is 0.667. The van der Waals surface area contributed by atoms with Crippen molar-refractivity contribution in [2.45, 2.75) is 64.7 Å². The van der Waals surface area contributed by atoms with E-state index in [0.717, 1.165) is 50.4 Å². The van der Waals surface area contributed by atoms with Crippen LogP contribution in [-0.4, -0.2) is 37.0 Å². The molecule has 1 aliphatic rings. The Hall–Kier alpha value is -1.71. The van der Waals surface area contributed by atoms with Crippen LogP contribution in [0.2, 0.25) is 0 Å². The van der Waals surface area contributed by atoms with Gasteiger partial charge in [-0.25, -0.2) is 0 Å². The molecule has 0 saturated carbocycles. The van der Waals surface area contributed by atoms with Gasteiger partial charge in [-0.05, 0) is 31.4 Å². The Morgan fingerprint density at radius 2 is 1.84 bits per heavy atom. The van der Waals surface area contributed by atoms with E-state index < -0.39 is 0 Å². The second-order valence-electron chi connectivity index (χ2n) is 6.94. The molecule has 0 spiro atoms. The molecular weight excluding hydrogens is 312 g/mol. The number of hydrogen-bond donors (Lipinski definition) is 1. The van der Waals surface area contributed by atoms with E-state index in [2.05, 4.69) is 12.2 Å². The maximum Gasteiger partial charge on any atom is 0.241 e. The van der Waals surface area contributed by atoms with Crippen molar-refractivity contribution in [3.63, 3.8) is 0 Å². The predicted molar refractivity (Wildman–Crippen MR) is 104 cm³/mol. The summed E-state index contributed by atoms with van der Waals surface area (Å²) < 4.78 is 5.83. The Balaban J connectivity index is 1.70. The van der Waals surface area contributed by atoms with E-state index >= 15 is 0 Å². The van der Waals surface area contributed by atoms with Crippen LogP contribution in [0.25, 0.3) is 0 Å². The first kappa shape index (κ1) is 19.6. The molecule has 0 atom stereocenters. The van der Waals surface area contributed by atoms with Gasteiger partial charge in [-0.15, -0.1) is 0 Å². The number of likely N-dealkylation sites (tertiary alicyclic amines) is 1. The van der Waals surface area contributed by atoms with Crippen molar-refractivity contribution in [1.82, 2.24) is 4.90 Å². The third kappa shape index (κ3) is 7.80. The first-order chi connectivity index (χ1) is 12.3. The average Bonchev–Trinajstić information content (AvgIpc) is 2.92. The molecule has 1 aliphatic heterocycles. The van der Waals surface area contributed by atoms with Crippen LogP contribution >= 0.6 is 0 Å². The summed E-state index contributed by atoms with van der Waals surface area (Å²) in [6.45, 7) is 5.16. The molecule has 1 aromatic carbocycles. The number of carbonyl (C=O) groups excluding carboxylic acids is 1. The van der Waals surface area contributed by atoms with Gasteiger partial charge in [0, 0.05) is 24.8 Å². The number of unbranched alkanes of at least 4 members (excludes halogenated alkanes) is 4. The molecule has 1 fully saturated rings. The molecule has 2 rings (SSSR count). The molecule has 0 bridgehead atoms. The number of nitrogens with zero attached hydrogens (tertiary/aromatic N) is 1. The number of carbonyl (C=O) groups is 1. The highest BCUT2D eigenvalue weighted by atomic mass is 16.5. The number of benzene rings is 1. The summed E-state index contributed by atoms with van der Waals surface area (Å²) in [6.07, 6.45) is 11.0. The van der Waals surface area contributed by atoms with Crippen molar-refractivity contribution in [1.29, 1.82) is 0 Å². The van der Waals surface area contributed by atoms with Crippen molar-refractivity contribution in [3.05, 3.63) is 24.3 Å². The molecule has 1 N–H and O–H groups in total. The van der Waals surface area contributed by atoms with Gasteiger partial charge in [0.05, 0.1) is 13.2 Å². The summed E-state index contributed by atoms with van der Waals surface area (Å²) in [5.74, 6) is 1.08. The van der Waals surface area contributed by atoms with Crippen LogP contribution in [0.15, 0.2) is 24.3 Å². The van der Waals surface area contributed by atoms with Crippen LogP contribution < -0.4 is 10.1 Å². The Kier molecular flexibility index (Phi) is 9.24. The van der Waals surface area contributed by atoms with E-state index in [4.69, 9.17) is 4.74 Å². The lowest BCUT2D eigenvalue weighted by Gasteiger charge is -2.20.